The van der Waals surface area contributed by atoms with Crippen molar-refractivity contribution in [2.45, 2.75) is 17.9 Å². The van der Waals surface area contributed by atoms with Crippen LogP contribution in [0.2, 0.25) is 0 Å². The van der Waals surface area contributed by atoms with E-state index in [2.05, 4.69) is 10.6 Å². The van der Waals surface area contributed by atoms with Gasteiger partial charge in [-0.25, -0.2) is 8.42 Å². The Kier molecular flexibility index (Phi) is 5.92. The molecule has 1 aromatic carbocycles. The van der Waals surface area contributed by atoms with Crippen LogP contribution in [0.3, 0.4) is 0 Å². The van der Waals surface area contributed by atoms with Gasteiger partial charge in [-0.1, -0.05) is 18.2 Å². The van der Waals surface area contributed by atoms with E-state index < -0.39 is 15.9 Å². The summed E-state index contributed by atoms with van der Waals surface area (Å²) in [6, 6.07) is 11.4. The second kappa shape index (κ2) is 8.36. The van der Waals surface area contributed by atoms with Crippen LogP contribution >= 0.6 is 0 Å². The Labute approximate surface area is 157 Å². The number of amides is 2. The zero-order valence-corrected chi connectivity index (χ0v) is 15.5. The van der Waals surface area contributed by atoms with Crippen molar-refractivity contribution in [1.82, 2.24) is 14.9 Å². The molecule has 144 valence electrons. The highest BCUT2D eigenvalue weighted by atomic mass is 32.2. The van der Waals surface area contributed by atoms with Crippen LogP contribution in [-0.4, -0.2) is 50.7 Å². The first-order valence-electron chi connectivity index (χ1n) is 8.70. The molecular weight excluding hydrogens is 370 g/mol. The molecule has 27 heavy (non-hydrogen) atoms. The summed E-state index contributed by atoms with van der Waals surface area (Å²) < 4.78 is 31.4. The van der Waals surface area contributed by atoms with E-state index in [1.165, 1.54) is 16.4 Å². The highest BCUT2D eigenvalue weighted by Crippen LogP contribution is 2.22. The molecule has 1 aliphatic rings. The largest absolute Gasteiger partial charge is 0.438 e. The van der Waals surface area contributed by atoms with Crippen molar-refractivity contribution in [1.29, 1.82) is 0 Å². The van der Waals surface area contributed by atoms with Gasteiger partial charge in [-0.05, 0) is 37.1 Å². The minimum absolute atomic E-state index is 0.0813. The number of carbonyl (C=O) groups excluding carboxylic acids is 2. The fourth-order valence-electron chi connectivity index (χ4n) is 2.77. The van der Waals surface area contributed by atoms with Gasteiger partial charge in [0.15, 0.2) is 5.76 Å². The molecule has 3 rings (SSSR count). The summed E-state index contributed by atoms with van der Waals surface area (Å²) in [7, 11) is -3.69. The van der Waals surface area contributed by atoms with Gasteiger partial charge in [0.25, 0.3) is 21.8 Å². The Hall–Kier alpha value is -2.65. The molecule has 1 aromatic heterocycles. The van der Waals surface area contributed by atoms with Gasteiger partial charge in [-0.3, -0.25) is 9.59 Å². The number of carbonyl (C=O) groups is 2. The van der Waals surface area contributed by atoms with Crippen LogP contribution in [0.5, 0.6) is 0 Å². The van der Waals surface area contributed by atoms with Gasteiger partial charge in [0.05, 0.1) is 0 Å². The molecule has 0 atom stereocenters. The lowest BCUT2D eigenvalue weighted by atomic mass is 10.2. The number of nitrogens with zero attached hydrogens (tertiary/aromatic N) is 1. The molecule has 8 nitrogen and oxygen atoms in total. The van der Waals surface area contributed by atoms with Crippen molar-refractivity contribution in [3.05, 3.63) is 53.8 Å². The number of nitrogens with one attached hydrogen (secondary N) is 2. The quantitative estimate of drug-likeness (QED) is 0.690. The molecule has 0 aliphatic carbocycles. The normalized spacial score (nSPS) is 14.8. The molecule has 2 amide bonds. The molecule has 1 saturated heterocycles. The van der Waals surface area contributed by atoms with Gasteiger partial charge in [0.2, 0.25) is 5.09 Å². The van der Waals surface area contributed by atoms with Gasteiger partial charge in [0.1, 0.15) is 0 Å². The molecule has 9 heteroatoms. The molecule has 0 bridgehead atoms. The van der Waals surface area contributed by atoms with Crippen molar-refractivity contribution in [2.24, 2.45) is 0 Å². The molecule has 0 radical (unpaired) electrons. The summed E-state index contributed by atoms with van der Waals surface area (Å²) >= 11 is 0. The van der Waals surface area contributed by atoms with Crippen LogP contribution in [0.1, 0.15) is 33.8 Å². The number of rotatable bonds is 7. The zero-order chi connectivity index (χ0) is 19.3. The van der Waals surface area contributed by atoms with Crippen molar-refractivity contribution in [3.8, 4) is 0 Å². The molecule has 1 aliphatic heterocycles. The SMILES string of the molecule is O=C(NCCNC(=O)c1ccc(S(=O)(=O)N2CCCC2)o1)c1ccccc1. The third kappa shape index (κ3) is 4.55. The Balaban J connectivity index is 1.49. The van der Waals surface area contributed by atoms with Gasteiger partial charge >= 0.3 is 0 Å². The van der Waals surface area contributed by atoms with Gasteiger partial charge < -0.3 is 15.1 Å². The molecular formula is C18H21N3O5S. The predicted octanol–water partition coefficient (Wildman–Crippen LogP) is 1.22. The highest BCUT2D eigenvalue weighted by Gasteiger charge is 2.30. The summed E-state index contributed by atoms with van der Waals surface area (Å²) in [4.78, 5) is 24.0. The zero-order valence-electron chi connectivity index (χ0n) is 14.7. The van der Waals surface area contributed by atoms with Crippen LogP contribution in [-0.2, 0) is 10.0 Å². The van der Waals surface area contributed by atoms with Crippen molar-refractivity contribution in [2.75, 3.05) is 26.2 Å². The highest BCUT2D eigenvalue weighted by molar-refractivity contribution is 7.89. The van der Waals surface area contributed by atoms with E-state index in [1.54, 1.807) is 24.3 Å². The number of hydrogen-bond acceptors (Lipinski definition) is 5. The van der Waals surface area contributed by atoms with Crippen LogP contribution in [0.4, 0.5) is 0 Å². The van der Waals surface area contributed by atoms with E-state index in [9.17, 15) is 18.0 Å². The topological polar surface area (TPSA) is 109 Å². The monoisotopic (exact) mass is 391 g/mol. The molecule has 2 aromatic rings. The van der Waals surface area contributed by atoms with Crippen molar-refractivity contribution >= 4 is 21.8 Å². The third-order valence-electron chi connectivity index (χ3n) is 4.20. The van der Waals surface area contributed by atoms with E-state index in [0.717, 1.165) is 12.8 Å². The Morgan fingerprint density at radius 2 is 1.56 bits per heavy atom. The summed E-state index contributed by atoms with van der Waals surface area (Å²) in [5.74, 6) is -0.851. The fraction of sp³-hybridized carbons (Fsp3) is 0.333. The second-order valence-electron chi connectivity index (χ2n) is 6.11. The average molecular weight is 391 g/mol. The van der Waals surface area contributed by atoms with Crippen LogP contribution in [0, 0.1) is 0 Å². The van der Waals surface area contributed by atoms with Gasteiger partial charge in [-0.15, -0.1) is 0 Å². The summed E-state index contributed by atoms with van der Waals surface area (Å²) in [6.45, 7) is 1.35. The molecule has 2 N–H and O–H groups in total. The maximum Gasteiger partial charge on any atom is 0.287 e. The lowest BCUT2D eigenvalue weighted by Crippen LogP contribution is -2.34. The van der Waals surface area contributed by atoms with E-state index in [1.807, 2.05) is 6.07 Å². The van der Waals surface area contributed by atoms with Crippen molar-refractivity contribution < 1.29 is 22.4 Å². The van der Waals surface area contributed by atoms with Crippen LogP contribution in [0.25, 0.3) is 0 Å². The first-order chi connectivity index (χ1) is 13.0. The Morgan fingerprint density at radius 3 is 2.22 bits per heavy atom. The van der Waals surface area contributed by atoms with Crippen LogP contribution in [0.15, 0.2) is 52.0 Å². The molecule has 1 fully saturated rings. The predicted molar refractivity (Wildman–Crippen MR) is 97.8 cm³/mol. The van der Waals surface area contributed by atoms with E-state index >= 15 is 0 Å². The average Bonchev–Trinajstić information content (AvgIpc) is 3.38. The molecule has 2 heterocycles. The minimum atomic E-state index is -3.69. The van der Waals surface area contributed by atoms with E-state index in [4.69, 9.17) is 4.42 Å². The molecule has 0 spiro atoms. The summed E-state index contributed by atoms with van der Waals surface area (Å²) in [5.41, 5.74) is 0.534. The van der Waals surface area contributed by atoms with Crippen molar-refractivity contribution in [3.63, 3.8) is 0 Å². The number of benzene rings is 1. The Morgan fingerprint density at radius 1 is 0.926 bits per heavy atom. The fourth-order valence-corrected chi connectivity index (χ4v) is 4.20. The number of sulfonamides is 1. The second-order valence-corrected chi connectivity index (χ2v) is 7.98. The molecule has 0 saturated carbocycles. The summed E-state index contributed by atoms with van der Waals surface area (Å²) in [6.07, 6.45) is 1.64. The smallest absolute Gasteiger partial charge is 0.287 e. The first kappa shape index (κ1) is 19.1. The van der Waals surface area contributed by atoms with Gasteiger partial charge in [0, 0.05) is 31.7 Å². The first-order valence-corrected chi connectivity index (χ1v) is 10.1. The lowest BCUT2D eigenvalue weighted by molar-refractivity contribution is 0.0906. The minimum Gasteiger partial charge on any atom is -0.438 e. The Bertz CT molecular complexity index is 902. The lowest BCUT2D eigenvalue weighted by Gasteiger charge is -2.12. The standard InChI is InChI=1S/C18H21N3O5S/c22-17(14-6-2-1-3-7-14)19-10-11-20-18(23)15-8-9-16(26-15)27(24,25)21-12-4-5-13-21/h1-3,6-9H,4-5,10-13H2,(H,19,22)(H,20,23). The van der Waals surface area contributed by atoms with Gasteiger partial charge in [-0.2, -0.15) is 4.31 Å². The van der Waals surface area contributed by atoms with E-state index in [-0.39, 0.29) is 29.8 Å². The maximum atomic E-state index is 12.4. The maximum absolute atomic E-state index is 12.4. The summed E-state index contributed by atoms with van der Waals surface area (Å²) in [5, 5.41) is 5.04. The third-order valence-corrected chi connectivity index (χ3v) is 5.97. The number of furan rings is 1. The van der Waals surface area contributed by atoms with Crippen LogP contribution < -0.4 is 10.6 Å². The van der Waals surface area contributed by atoms with E-state index in [0.29, 0.717) is 18.7 Å². The number of hydrogen-bond donors (Lipinski definition) is 2. The molecule has 0 unspecified atom stereocenters.